The van der Waals surface area contributed by atoms with Crippen LogP contribution in [0.3, 0.4) is 0 Å². The molecule has 0 bridgehead atoms. The van der Waals surface area contributed by atoms with Crippen LogP contribution in [0, 0.1) is 6.92 Å². The van der Waals surface area contributed by atoms with E-state index >= 15 is 0 Å². The van der Waals surface area contributed by atoms with Crippen LogP contribution in [0.2, 0.25) is 0 Å². The van der Waals surface area contributed by atoms with Crippen molar-refractivity contribution in [1.29, 1.82) is 0 Å². The molecule has 3 N–H and O–H groups in total. The molecular formula is C17H24ClN3O4S. The number of nitrogens with one attached hydrogen (secondary N) is 1. The third kappa shape index (κ3) is 5.31. The van der Waals surface area contributed by atoms with Gasteiger partial charge in [-0.3, -0.25) is 4.79 Å². The second-order valence-electron chi connectivity index (χ2n) is 5.56. The SMILES string of the molecule is CNS(=O)(=O)c1cc(C(=O)N(CCN)CCc2ccccc2)c(C)o1.Cl. The third-order valence-corrected chi connectivity index (χ3v) is 5.13. The predicted molar refractivity (Wildman–Crippen MR) is 102 cm³/mol. The lowest BCUT2D eigenvalue weighted by Crippen LogP contribution is -2.37. The monoisotopic (exact) mass is 401 g/mol. The summed E-state index contributed by atoms with van der Waals surface area (Å²) >= 11 is 0. The lowest BCUT2D eigenvalue weighted by Gasteiger charge is -2.21. The van der Waals surface area contributed by atoms with E-state index in [1.165, 1.54) is 13.1 Å². The van der Waals surface area contributed by atoms with Crippen LogP contribution in [0.5, 0.6) is 0 Å². The van der Waals surface area contributed by atoms with E-state index < -0.39 is 10.0 Å². The number of sulfonamides is 1. The Labute approximate surface area is 160 Å². The molecule has 0 aliphatic carbocycles. The topological polar surface area (TPSA) is 106 Å². The van der Waals surface area contributed by atoms with Crippen LogP contribution >= 0.6 is 12.4 Å². The molecule has 7 nitrogen and oxygen atoms in total. The molecular weight excluding hydrogens is 378 g/mol. The van der Waals surface area contributed by atoms with E-state index in [2.05, 4.69) is 4.72 Å². The number of hydrogen-bond donors (Lipinski definition) is 2. The highest BCUT2D eigenvalue weighted by atomic mass is 35.5. The standard InChI is InChI=1S/C17H23N3O4S.ClH/c1-13-15(12-16(24-13)25(22,23)19-2)17(21)20(11-9-18)10-8-14-6-4-3-5-7-14;/h3-7,12,19H,8-11,18H2,1-2H3;1H. The molecule has 0 saturated carbocycles. The van der Waals surface area contributed by atoms with Crippen LogP contribution in [-0.4, -0.2) is 45.9 Å². The first-order valence-electron chi connectivity index (χ1n) is 7.96. The van der Waals surface area contributed by atoms with E-state index in [0.717, 1.165) is 5.56 Å². The Morgan fingerprint density at radius 2 is 1.88 bits per heavy atom. The summed E-state index contributed by atoms with van der Waals surface area (Å²) in [7, 11) is -2.45. The van der Waals surface area contributed by atoms with E-state index in [1.807, 2.05) is 30.3 Å². The van der Waals surface area contributed by atoms with Gasteiger partial charge in [0.05, 0.1) is 5.56 Å². The van der Waals surface area contributed by atoms with Crippen LogP contribution in [0.25, 0.3) is 0 Å². The van der Waals surface area contributed by atoms with Crippen molar-refractivity contribution in [2.75, 3.05) is 26.7 Å². The molecule has 144 valence electrons. The number of amides is 1. The highest BCUT2D eigenvalue weighted by molar-refractivity contribution is 7.89. The van der Waals surface area contributed by atoms with Crippen LogP contribution < -0.4 is 10.5 Å². The summed E-state index contributed by atoms with van der Waals surface area (Å²) in [6.45, 7) is 2.75. The number of rotatable bonds is 8. The number of hydrogen-bond acceptors (Lipinski definition) is 5. The molecule has 2 rings (SSSR count). The minimum absolute atomic E-state index is 0. The summed E-state index contributed by atoms with van der Waals surface area (Å²) in [5.41, 5.74) is 6.97. The second-order valence-corrected chi connectivity index (χ2v) is 7.38. The molecule has 0 aliphatic heterocycles. The maximum absolute atomic E-state index is 12.8. The molecule has 1 heterocycles. The molecule has 0 spiro atoms. The largest absolute Gasteiger partial charge is 0.448 e. The Balaban J connectivity index is 0.00000338. The lowest BCUT2D eigenvalue weighted by atomic mass is 10.1. The van der Waals surface area contributed by atoms with Gasteiger partial charge in [0.25, 0.3) is 15.9 Å². The van der Waals surface area contributed by atoms with Crippen molar-refractivity contribution in [1.82, 2.24) is 9.62 Å². The van der Waals surface area contributed by atoms with Gasteiger partial charge in [0, 0.05) is 25.7 Å². The fourth-order valence-corrected chi connectivity index (χ4v) is 3.16. The van der Waals surface area contributed by atoms with Crippen molar-refractivity contribution in [2.24, 2.45) is 5.73 Å². The molecule has 0 unspecified atom stereocenters. The molecule has 1 amide bonds. The quantitative estimate of drug-likeness (QED) is 0.698. The normalized spacial score (nSPS) is 11.0. The van der Waals surface area contributed by atoms with E-state index in [4.69, 9.17) is 10.2 Å². The molecule has 9 heteroatoms. The molecule has 0 atom stereocenters. The minimum Gasteiger partial charge on any atom is -0.448 e. The first kappa shape index (κ1) is 22.2. The number of benzene rings is 1. The van der Waals surface area contributed by atoms with E-state index in [-0.39, 0.29) is 34.7 Å². The number of nitrogens with zero attached hydrogens (tertiary/aromatic N) is 1. The Morgan fingerprint density at radius 3 is 2.46 bits per heavy atom. The smallest absolute Gasteiger partial charge is 0.273 e. The average molecular weight is 402 g/mol. The maximum Gasteiger partial charge on any atom is 0.273 e. The molecule has 0 aliphatic rings. The van der Waals surface area contributed by atoms with Crippen LogP contribution in [0.15, 0.2) is 45.9 Å². The first-order valence-corrected chi connectivity index (χ1v) is 9.44. The third-order valence-electron chi connectivity index (χ3n) is 3.86. The van der Waals surface area contributed by atoms with Gasteiger partial charge in [-0.25, -0.2) is 13.1 Å². The number of carbonyl (C=O) groups excluding carboxylic acids is 1. The Morgan fingerprint density at radius 1 is 1.23 bits per heavy atom. The van der Waals surface area contributed by atoms with Crippen LogP contribution in [-0.2, 0) is 16.4 Å². The Hall–Kier alpha value is -1.87. The summed E-state index contributed by atoms with van der Waals surface area (Å²) in [5, 5.41) is -0.272. The first-order chi connectivity index (χ1) is 11.9. The van der Waals surface area contributed by atoms with Gasteiger partial charge in [0.1, 0.15) is 5.76 Å². The van der Waals surface area contributed by atoms with Gasteiger partial charge in [-0.2, -0.15) is 0 Å². The van der Waals surface area contributed by atoms with Crippen molar-refractivity contribution in [2.45, 2.75) is 18.4 Å². The van der Waals surface area contributed by atoms with Gasteiger partial charge in [-0.1, -0.05) is 30.3 Å². The minimum atomic E-state index is -3.74. The fourth-order valence-electron chi connectivity index (χ4n) is 2.45. The summed E-state index contributed by atoms with van der Waals surface area (Å²) < 4.78 is 31.1. The van der Waals surface area contributed by atoms with Crippen molar-refractivity contribution in [3.05, 3.63) is 53.3 Å². The van der Waals surface area contributed by atoms with E-state index in [9.17, 15) is 13.2 Å². The molecule has 1 aromatic carbocycles. The summed E-state index contributed by atoms with van der Waals surface area (Å²) in [6.07, 6.45) is 0.686. The van der Waals surface area contributed by atoms with E-state index in [1.54, 1.807) is 11.8 Å². The zero-order valence-electron chi connectivity index (χ0n) is 14.8. The van der Waals surface area contributed by atoms with Gasteiger partial charge in [-0.05, 0) is 26.0 Å². The van der Waals surface area contributed by atoms with Crippen LogP contribution in [0.4, 0.5) is 0 Å². The van der Waals surface area contributed by atoms with Crippen molar-refractivity contribution < 1.29 is 17.6 Å². The van der Waals surface area contributed by atoms with Crippen LogP contribution in [0.1, 0.15) is 21.7 Å². The van der Waals surface area contributed by atoms with Gasteiger partial charge in [0.15, 0.2) is 0 Å². The molecule has 0 saturated heterocycles. The number of furan rings is 1. The summed E-state index contributed by atoms with van der Waals surface area (Å²) in [4.78, 5) is 14.4. The van der Waals surface area contributed by atoms with Gasteiger partial charge in [0.2, 0.25) is 5.09 Å². The Bertz CT molecular complexity index is 822. The lowest BCUT2D eigenvalue weighted by molar-refractivity contribution is 0.0760. The molecule has 2 aromatic rings. The molecule has 0 radical (unpaired) electrons. The second kappa shape index (κ2) is 9.72. The maximum atomic E-state index is 12.8. The van der Waals surface area contributed by atoms with Crippen molar-refractivity contribution in [3.63, 3.8) is 0 Å². The Kier molecular flexibility index (Phi) is 8.29. The average Bonchev–Trinajstić information content (AvgIpc) is 3.01. The fraction of sp³-hybridized carbons (Fsp3) is 0.353. The number of carbonyl (C=O) groups is 1. The number of halogens is 1. The number of aryl methyl sites for hydroxylation is 1. The summed E-state index contributed by atoms with van der Waals surface area (Å²) in [6, 6.07) is 11.1. The highest BCUT2D eigenvalue weighted by Gasteiger charge is 2.25. The van der Waals surface area contributed by atoms with Gasteiger partial charge < -0.3 is 15.1 Å². The predicted octanol–water partition coefficient (Wildman–Crippen LogP) is 1.56. The molecule has 26 heavy (non-hydrogen) atoms. The van der Waals surface area contributed by atoms with Gasteiger partial charge >= 0.3 is 0 Å². The zero-order valence-corrected chi connectivity index (χ0v) is 16.4. The molecule has 0 fully saturated rings. The molecule has 1 aromatic heterocycles. The summed E-state index contributed by atoms with van der Waals surface area (Å²) in [5.74, 6) is -0.0271. The zero-order chi connectivity index (χ0) is 18.4. The highest BCUT2D eigenvalue weighted by Crippen LogP contribution is 2.20. The van der Waals surface area contributed by atoms with Gasteiger partial charge in [-0.15, -0.1) is 12.4 Å². The van der Waals surface area contributed by atoms with E-state index in [0.29, 0.717) is 26.1 Å². The van der Waals surface area contributed by atoms with Crippen molar-refractivity contribution >= 4 is 28.3 Å². The number of nitrogens with two attached hydrogens (primary N) is 1. The van der Waals surface area contributed by atoms with Crippen molar-refractivity contribution in [3.8, 4) is 0 Å².